The van der Waals surface area contributed by atoms with Crippen molar-refractivity contribution in [2.45, 2.75) is 31.3 Å². The number of aryl methyl sites for hydroxylation is 1. The first kappa shape index (κ1) is 20.8. The number of aliphatic carboxylic acids is 1. The number of hydrogen-bond acceptors (Lipinski definition) is 7. The number of halogens is 1. The van der Waals surface area contributed by atoms with Gasteiger partial charge in [0.1, 0.15) is 18.5 Å². The third kappa shape index (κ3) is 5.26. The van der Waals surface area contributed by atoms with Crippen LogP contribution in [-0.4, -0.2) is 61.5 Å². The van der Waals surface area contributed by atoms with Crippen molar-refractivity contribution >= 4 is 25.2 Å². The third-order valence-electron chi connectivity index (χ3n) is 3.70. The van der Waals surface area contributed by atoms with Crippen molar-refractivity contribution in [3.8, 4) is 0 Å². The molecular weight excluding hydrogens is 395 g/mol. The molecule has 1 unspecified atom stereocenters. The number of hydrogen-bond donors (Lipinski definition) is 4. The molecule has 0 spiro atoms. The Hall–Kier alpha value is -1.49. The lowest BCUT2D eigenvalue weighted by molar-refractivity contribution is -0.134. The van der Waals surface area contributed by atoms with E-state index in [4.69, 9.17) is 21.4 Å². The molecular formula is C13H18ClN2O9P. The standard InChI is InChI=1S/C13H18ClN2O9P/c14-2-1-7-4-16(13(21)15-12(7)20)10-3-8(17)9(25-10)5-24-26(22,23)6-11(18)19/h4,8-10,17H,1-3,5-6H2,(H,18,19)(H,22,23)(H,15,20,21)/t8-,9+,10+/m0/s1. The van der Waals surface area contributed by atoms with Crippen molar-refractivity contribution in [1.29, 1.82) is 0 Å². The molecule has 0 aliphatic carbocycles. The summed E-state index contributed by atoms with van der Waals surface area (Å²) < 4.78 is 22.8. The van der Waals surface area contributed by atoms with Gasteiger partial charge in [-0.1, -0.05) is 0 Å². The highest BCUT2D eigenvalue weighted by atomic mass is 35.5. The Balaban J connectivity index is 2.10. The molecule has 1 fully saturated rings. The van der Waals surface area contributed by atoms with Gasteiger partial charge >= 0.3 is 19.3 Å². The number of aromatic amines is 1. The second kappa shape index (κ2) is 8.47. The van der Waals surface area contributed by atoms with Gasteiger partial charge in [0, 0.05) is 24.1 Å². The van der Waals surface area contributed by atoms with E-state index >= 15 is 0 Å². The highest BCUT2D eigenvalue weighted by molar-refractivity contribution is 7.53. The van der Waals surface area contributed by atoms with Gasteiger partial charge in [0.25, 0.3) is 5.56 Å². The SMILES string of the molecule is O=C(O)CP(=O)(O)OC[C@H]1O[C@@H](n2cc(CCCl)c(=O)[nH]c2=O)C[C@@H]1O. The van der Waals surface area contributed by atoms with Crippen LogP contribution >= 0.6 is 19.2 Å². The van der Waals surface area contributed by atoms with E-state index < -0.39 is 56.0 Å². The number of aromatic nitrogens is 2. The van der Waals surface area contributed by atoms with Gasteiger partial charge < -0.3 is 24.4 Å². The fourth-order valence-corrected chi connectivity index (χ4v) is 3.48. The van der Waals surface area contributed by atoms with Crippen molar-refractivity contribution in [2.24, 2.45) is 0 Å². The van der Waals surface area contributed by atoms with Crippen LogP contribution in [0.25, 0.3) is 0 Å². The van der Waals surface area contributed by atoms with Gasteiger partial charge in [-0.2, -0.15) is 0 Å². The second-order valence-corrected chi connectivity index (χ2v) is 7.90. The van der Waals surface area contributed by atoms with Crippen LogP contribution in [0, 0.1) is 0 Å². The van der Waals surface area contributed by atoms with Crippen molar-refractivity contribution in [2.75, 3.05) is 18.6 Å². The summed E-state index contributed by atoms with van der Waals surface area (Å²) in [6.45, 7) is -0.536. The molecule has 13 heteroatoms. The number of ether oxygens (including phenoxy) is 1. The van der Waals surface area contributed by atoms with Crippen LogP contribution in [0.3, 0.4) is 0 Å². The van der Waals surface area contributed by atoms with E-state index in [0.29, 0.717) is 0 Å². The first-order valence-corrected chi connectivity index (χ1v) is 9.84. The summed E-state index contributed by atoms with van der Waals surface area (Å²) >= 11 is 5.61. The first-order valence-electron chi connectivity index (χ1n) is 7.55. The number of alkyl halides is 1. The Labute approximate surface area is 151 Å². The molecule has 0 saturated carbocycles. The Bertz CT molecular complexity index is 823. The zero-order chi connectivity index (χ0) is 19.5. The van der Waals surface area contributed by atoms with Crippen LogP contribution in [0.2, 0.25) is 0 Å². The number of H-pyrrole nitrogens is 1. The van der Waals surface area contributed by atoms with Gasteiger partial charge in [-0.3, -0.25) is 23.7 Å². The average Bonchev–Trinajstić information content (AvgIpc) is 2.88. The van der Waals surface area contributed by atoms with Gasteiger partial charge in [0.05, 0.1) is 12.7 Å². The van der Waals surface area contributed by atoms with Crippen LogP contribution in [0.15, 0.2) is 15.8 Å². The summed E-state index contributed by atoms with van der Waals surface area (Å²) in [6.07, 6.45) is -2.72. The van der Waals surface area contributed by atoms with E-state index in [1.165, 1.54) is 6.20 Å². The molecule has 4 atom stereocenters. The molecule has 0 bridgehead atoms. The highest BCUT2D eigenvalue weighted by Gasteiger charge is 2.37. The minimum absolute atomic E-state index is 0.0328. The number of nitrogens with one attached hydrogen (secondary N) is 1. The minimum atomic E-state index is -4.37. The monoisotopic (exact) mass is 412 g/mol. The van der Waals surface area contributed by atoms with E-state index in [1.54, 1.807) is 0 Å². The van der Waals surface area contributed by atoms with Crippen molar-refractivity contribution in [3.05, 3.63) is 32.6 Å². The maximum atomic E-state index is 12.0. The van der Waals surface area contributed by atoms with Gasteiger partial charge in [-0.05, 0) is 6.42 Å². The van der Waals surface area contributed by atoms with E-state index in [1.807, 2.05) is 0 Å². The number of carboxylic acid groups (broad SMARTS) is 1. The molecule has 1 aliphatic heterocycles. The lowest BCUT2D eigenvalue weighted by Gasteiger charge is -2.18. The van der Waals surface area contributed by atoms with Crippen LogP contribution in [0.1, 0.15) is 18.2 Å². The zero-order valence-corrected chi connectivity index (χ0v) is 15.1. The van der Waals surface area contributed by atoms with Crippen LogP contribution in [0.4, 0.5) is 0 Å². The smallest absolute Gasteiger partial charge is 0.339 e. The van der Waals surface area contributed by atoms with Crippen molar-refractivity contribution in [1.82, 2.24) is 9.55 Å². The summed E-state index contributed by atoms with van der Waals surface area (Å²) in [7, 11) is -4.37. The van der Waals surface area contributed by atoms with Crippen LogP contribution in [0.5, 0.6) is 0 Å². The molecule has 4 N–H and O–H groups in total. The normalized spacial score (nSPS) is 25.1. The lowest BCUT2D eigenvalue weighted by atomic mass is 10.2. The van der Waals surface area contributed by atoms with Crippen LogP contribution in [-0.2, 0) is 25.0 Å². The Morgan fingerprint density at radius 3 is 2.81 bits per heavy atom. The fraction of sp³-hybridized carbons (Fsp3) is 0.615. The number of carbonyl (C=O) groups is 1. The maximum absolute atomic E-state index is 12.0. The van der Waals surface area contributed by atoms with Gasteiger partial charge in [-0.15, -0.1) is 11.6 Å². The van der Waals surface area contributed by atoms with Crippen molar-refractivity contribution < 1.29 is 33.7 Å². The van der Waals surface area contributed by atoms with Crippen LogP contribution < -0.4 is 11.2 Å². The molecule has 146 valence electrons. The average molecular weight is 413 g/mol. The number of carboxylic acids is 1. The van der Waals surface area contributed by atoms with Gasteiger partial charge in [-0.25, -0.2) is 4.79 Å². The first-order chi connectivity index (χ1) is 12.1. The van der Waals surface area contributed by atoms with E-state index in [-0.39, 0.29) is 24.3 Å². The predicted octanol–water partition coefficient (Wildman–Crippen LogP) is -0.747. The Kier molecular flexibility index (Phi) is 6.78. The summed E-state index contributed by atoms with van der Waals surface area (Å²) in [5, 5.41) is 18.6. The minimum Gasteiger partial charge on any atom is -0.481 e. The topological polar surface area (TPSA) is 168 Å². The number of aliphatic hydroxyl groups excluding tert-OH is 1. The fourth-order valence-electron chi connectivity index (χ4n) is 2.46. The molecule has 0 radical (unpaired) electrons. The molecule has 1 aromatic rings. The molecule has 26 heavy (non-hydrogen) atoms. The number of aliphatic hydroxyl groups is 1. The Morgan fingerprint density at radius 1 is 1.50 bits per heavy atom. The molecule has 2 rings (SSSR count). The number of nitrogens with zero attached hydrogens (tertiary/aromatic N) is 1. The third-order valence-corrected chi connectivity index (χ3v) is 5.11. The molecule has 11 nitrogen and oxygen atoms in total. The largest absolute Gasteiger partial charge is 0.481 e. The molecule has 0 amide bonds. The van der Waals surface area contributed by atoms with E-state index in [2.05, 4.69) is 9.51 Å². The van der Waals surface area contributed by atoms with Gasteiger partial charge in [0.2, 0.25) is 0 Å². The van der Waals surface area contributed by atoms with E-state index in [0.717, 1.165) is 4.57 Å². The highest BCUT2D eigenvalue weighted by Crippen LogP contribution is 2.42. The van der Waals surface area contributed by atoms with E-state index in [9.17, 15) is 28.9 Å². The van der Waals surface area contributed by atoms with Gasteiger partial charge in [0.15, 0.2) is 0 Å². The Morgan fingerprint density at radius 2 is 2.19 bits per heavy atom. The summed E-state index contributed by atoms with van der Waals surface area (Å²) in [5.41, 5.74) is -1.05. The molecule has 1 aromatic heterocycles. The number of rotatable bonds is 8. The summed E-state index contributed by atoms with van der Waals surface area (Å²) in [5.74, 6) is -1.34. The summed E-state index contributed by atoms with van der Waals surface area (Å²) in [6, 6.07) is 0. The summed E-state index contributed by atoms with van der Waals surface area (Å²) in [4.78, 5) is 45.7. The zero-order valence-electron chi connectivity index (χ0n) is 13.4. The molecule has 0 aromatic carbocycles. The van der Waals surface area contributed by atoms with Crippen molar-refractivity contribution in [3.63, 3.8) is 0 Å². The maximum Gasteiger partial charge on any atom is 0.339 e. The quantitative estimate of drug-likeness (QED) is 0.317. The lowest BCUT2D eigenvalue weighted by Crippen LogP contribution is -2.34. The molecule has 1 aliphatic rings. The molecule has 2 heterocycles. The second-order valence-electron chi connectivity index (χ2n) is 5.68. The predicted molar refractivity (Wildman–Crippen MR) is 88.6 cm³/mol. The molecule has 1 saturated heterocycles.